The predicted octanol–water partition coefficient (Wildman–Crippen LogP) is 2.15. The first-order valence-electron chi connectivity index (χ1n) is 4.24. The standard InChI is InChI=1S/C9H6ClN3O2S/c10-6-2-1-5(3-8(6)14)11-9(15)7-4-16-13-12-7/h1-4,14H,(H,11,15). The number of carbonyl (C=O) groups is 1. The smallest absolute Gasteiger partial charge is 0.277 e. The second kappa shape index (κ2) is 4.46. The highest BCUT2D eigenvalue weighted by Gasteiger charge is 2.09. The van der Waals surface area contributed by atoms with Gasteiger partial charge in [0, 0.05) is 17.1 Å². The molecule has 0 spiro atoms. The number of phenols is 1. The largest absolute Gasteiger partial charge is 0.506 e. The number of phenolic OH excluding ortho intramolecular Hbond substituents is 1. The second-order valence-electron chi connectivity index (χ2n) is 2.91. The first-order valence-corrected chi connectivity index (χ1v) is 5.45. The molecule has 2 aromatic rings. The molecule has 1 amide bonds. The Morgan fingerprint density at radius 2 is 2.31 bits per heavy atom. The highest BCUT2D eigenvalue weighted by Crippen LogP contribution is 2.26. The fourth-order valence-corrected chi connectivity index (χ4v) is 1.60. The molecule has 0 aliphatic rings. The number of rotatable bonds is 2. The molecule has 0 saturated carbocycles. The van der Waals surface area contributed by atoms with Gasteiger partial charge in [-0.2, -0.15) is 0 Å². The third-order valence-corrected chi connectivity index (χ3v) is 2.62. The summed E-state index contributed by atoms with van der Waals surface area (Å²) in [5.41, 5.74) is 0.680. The summed E-state index contributed by atoms with van der Waals surface area (Å²) < 4.78 is 3.58. The third-order valence-electron chi connectivity index (χ3n) is 1.80. The SMILES string of the molecule is O=C(Nc1ccc(Cl)c(O)c1)c1csnn1. The number of anilines is 1. The van der Waals surface area contributed by atoms with Crippen LogP contribution in [0.25, 0.3) is 0 Å². The highest BCUT2D eigenvalue weighted by atomic mass is 35.5. The van der Waals surface area contributed by atoms with E-state index in [0.717, 1.165) is 11.5 Å². The number of amides is 1. The van der Waals surface area contributed by atoms with Crippen molar-refractivity contribution in [1.82, 2.24) is 9.59 Å². The lowest BCUT2D eigenvalue weighted by molar-refractivity contribution is 0.102. The normalized spacial score (nSPS) is 10.1. The molecule has 7 heteroatoms. The topological polar surface area (TPSA) is 75.1 Å². The average molecular weight is 256 g/mol. The summed E-state index contributed by atoms with van der Waals surface area (Å²) in [6, 6.07) is 4.44. The van der Waals surface area contributed by atoms with Crippen LogP contribution in [-0.4, -0.2) is 20.6 Å². The molecule has 0 aliphatic carbocycles. The van der Waals surface area contributed by atoms with Gasteiger partial charge in [0.05, 0.1) is 5.02 Å². The van der Waals surface area contributed by atoms with Gasteiger partial charge in [0.15, 0.2) is 5.69 Å². The van der Waals surface area contributed by atoms with Crippen LogP contribution >= 0.6 is 23.1 Å². The van der Waals surface area contributed by atoms with Crippen LogP contribution in [0.15, 0.2) is 23.6 Å². The second-order valence-corrected chi connectivity index (χ2v) is 3.93. The van der Waals surface area contributed by atoms with Gasteiger partial charge in [0.1, 0.15) is 5.75 Å². The molecular weight excluding hydrogens is 250 g/mol. The van der Waals surface area contributed by atoms with E-state index in [0.29, 0.717) is 5.69 Å². The number of aromatic hydroxyl groups is 1. The van der Waals surface area contributed by atoms with Gasteiger partial charge >= 0.3 is 0 Å². The van der Waals surface area contributed by atoms with Gasteiger partial charge in [-0.1, -0.05) is 16.1 Å². The van der Waals surface area contributed by atoms with Crippen LogP contribution in [0.3, 0.4) is 0 Å². The van der Waals surface area contributed by atoms with Gasteiger partial charge in [-0.15, -0.1) is 5.10 Å². The molecule has 0 bridgehead atoms. The fourth-order valence-electron chi connectivity index (χ4n) is 1.05. The quantitative estimate of drug-likeness (QED) is 0.862. The minimum atomic E-state index is -0.379. The zero-order valence-electron chi connectivity index (χ0n) is 7.85. The van der Waals surface area contributed by atoms with Crippen molar-refractivity contribution in [2.45, 2.75) is 0 Å². The fraction of sp³-hybridized carbons (Fsp3) is 0. The molecule has 0 unspecified atom stereocenters. The van der Waals surface area contributed by atoms with Crippen LogP contribution < -0.4 is 5.32 Å². The molecule has 1 aromatic heterocycles. The zero-order valence-corrected chi connectivity index (χ0v) is 9.42. The van der Waals surface area contributed by atoms with Crippen LogP contribution in [0, 0.1) is 0 Å². The maximum atomic E-state index is 11.5. The lowest BCUT2D eigenvalue weighted by Crippen LogP contribution is -2.12. The van der Waals surface area contributed by atoms with Crippen molar-refractivity contribution >= 4 is 34.7 Å². The summed E-state index contributed by atoms with van der Waals surface area (Å²) in [5, 5.41) is 17.3. The summed E-state index contributed by atoms with van der Waals surface area (Å²) in [6.07, 6.45) is 0. The van der Waals surface area contributed by atoms with Gasteiger partial charge in [-0.3, -0.25) is 4.79 Å². The Balaban J connectivity index is 2.15. The predicted molar refractivity (Wildman–Crippen MR) is 61.0 cm³/mol. The number of carbonyl (C=O) groups excluding carboxylic acids is 1. The van der Waals surface area contributed by atoms with Crippen LogP contribution in [0.2, 0.25) is 5.02 Å². The number of nitrogens with zero attached hydrogens (tertiary/aromatic N) is 2. The van der Waals surface area contributed by atoms with Gasteiger partial charge < -0.3 is 10.4 Å². The Hall–Kier alpha value is -1.66. The molecule has 0 saturated heterocycles. The van der Waals surface area contributed by atoms with Crippen molar-refractivity contribution in [3.8, 4) is 5.75 Å². The molecule has 5 nitrogen and oxygen atoms in total. The maximum Gasteiger partial charge on any atom is 0.277 e. The number of hydrogen-bond donors (Lipinski definition) is 2. The van der Waals surface area contributed by atoms with Crippen LogP contribution in [0.5, 0.6) is 5.75 Å². The van der Waals surface area contributed by atoms with Gasteiger partial charge in [0.2, 0.25) is 0 Å². The summed E-state index contributed by atoms with van der Waals surface area (Å²) >= 11 is 6.73. The summed E-state index contributed by atoms with van der Waals surface area (Å²) in [6.45, 7) is 0. The van der Waals surface area contributed by atoms with Crippen molar-refractivity contribution in [3.63, 3.8) is 0 Å². The number of hydrogen-bond acceptors (Lipinski definition) is 5. The molecule has 16 heavy (non-hydrogen) atoms. The molecule has 2 N–H and O–H groups in total. The van der Waals surface area contributed by atoms with Crippen molar-refractivity contribution in [2.75, 3.05) is 5.32 Å². The van der Waals surface area contributed by atoms with E-state index in [1.165, 1.54) is 17.5 Å². The maximum absolute atomic E-state index is 11.5. The van der Waals surface area contributed by atoms with Crippen molar-refractivity contribution in [1.29, 1.82) is 0 Å². The van der Waals surface area contributed by atoms with Gasteiger partial charge in [-0.05, 0) is 23.7 Å². The van der Waals surface area contributed by atoms with E-state index in [-0.39, 0.29) is 22.4 Å². The number of benzene rings is 1. The van der Waals surface area contributed by atoms with Crippen LogP contribution in [0.4, 0.5) is 5.69 Å². The Morgan fingerprint density at radius 3 is 2.94 bits per heavy atom. The van der Waals surface area contributed by atoms with E-state index in [2.05, 4.69) is 14.9 Å². The van der Waals surface area contributed by atoms with Gasteiger partial charge in [-0.25, -0.2) is 0 Å². The minimum absolute atomic E-state index is 0.0872. The first-order chi connectivity index (χ1) is 7.66. The van der Waals surface area contributed by atoms with Crippen LogP contribution in [0.1, 0.15) is 10.5 Å². The Labute approximate surface area is 99.9 Å². The molecule has 0 aliphatic heterocycles. The highest BCUT2D eigenvalue weighted by molar-refractivity contribution is 7.03. The number of halogens is 1. The molecule has 0 fully saturated rings. The van der Waals surface area contributed by atoms with Crippen molar-refractivity contribution < 1.29 is 9.90 Å². The van der Waals surface area contributed by atoms with Gasteiger partial charge in [0.25, 0.3) is 5.91 Å². The van der Waals surface area contributed by atoms with E-state index in [1.54, 1.807) is 6.07 Å². The summed E-state index contributed by atoms with van der Waals surface area (Å²) in [4.78, 5) is 11.5. The monoisotopic (exact) mass is 255 g/mol. The van der Waals surface area contributed by atoms with E-state index < -0.39 is 0 Å². The molecule has 1 heterocycles. The Morgan fingerprint density at radius 1 is 1.50 bits per heavy atom. The number of aromatic nitrogens is 2. The molecule has 82 valence electrons. The van der Waals surface area contributed by atoms with E-state index in [4.69, 9.17) is 11.6 Å². The first kappa shape index (κ1) is 10.8. The Kier molecular flexibility index (Phi) is 3.02. The summed E-state index contributed by atoms with van der Waals surface area (Å²) in [5.74, 6) is -0.466. The number of nitrogens with one attached hydrogen (secondary N) is 1. The molecule has 1 aromatic carbocycles. The van der Waals surface area contributed by atoms with E-state index in [9.17, 15) is 9.90 Å². The molecule has 0 radical (unpaired) electrons. The van der Waals surface area contributed by atoms with E-state index in [1.807, 2.05) is 0 Å². The molecule has 0 atom stereocenters. The molecule has 2 rings (SSSR count). The lowest BCUT2D eigenvalue weighted by atomic mass is 10.3. The average Bonchev–Trinajstić information content (AvgIpc) is 2.77. The lowest BCUT2D eigenvalue weighted by Gasteiger charge is -2.04. The molecular formula is C9H6ClN3O2S. The minimum Gasteiger partial charge on any atom is -0.506 e. The summed E-state index contributed by atoms with van der Waals surface area (Å²) in [7, 11) is 0. The van der Waals surface area contributed by atoms with Crippen molar-refractivity contribution in [2.24, 2.45) is 0 Å². The van der Waals surface area contributed by atoms with Crippen LogP contribution in [-0.2, 0) is 0 Å². The van der Waals surface area contributed by atoms with Crippen molar-refractivity contribution in [3.05, 3.63) is 34.3 Å². The zero-order chi connectivity index (χ0) is 11.5. The van der Waals surface area contributed by atoms with E-state index >= 15 is 0 Å². The Bertz CT molecular complexity index is 515. The third kappa shape index (κ3) is 2.29.